The molecule has 0 saturated carbocycles. The third-order valence-electron chi connectivity index (χ3n) is 7.78. The van der Waals surface area contributed by atoms with Gasteiger partial charge in [0.1, 0.15) is 18.1 Å². The smallest absolute Gasteiger partial charge is 0.227 e. The number of likely N-dealkylation sites (N-methyl/N-ethyl adjacent to an activating group) is 1. The van der Waals surface area contributed by atoms with Crippen LogP contribution in [0, 0.1) is 30.2 Å². The van der Waals surface area contributed by atoms with Gasteiger partial charge >= 0.3 is 0 Å². The van der Waals surface area contributed by atoms with Gasteiger partial charge in [-0.3, -0.25) is 4.90 Å². The van der Waals surface area contributed by atoms with E-state index in [0.29, 0.717) is 19.1 Å². The normalized spacial score (nSPS) is 17.1. The standard InChI is InChI=1S/C29H34F4N6O2/c1-18-12-25(40-3)27(33)22(26(18)32)17-41-21-15-34-29(35-16-21)36-19-13-23(30)28(24(31)14-19)39-6-4-20(5-7-39)38-10-8-37(2)9-11-38/h12-16,20H,4-11,17H2,1-3H3,(H,34,35,36). The van der Waals surface area contributed by atoms with E-state index in [1.54, 1.807) is 4.90 Å². The third kappa shape index (κ3) is 6.48. The maximum Gasteiger partial charge on any atom is 0.227 e. The molecule has 41 heavy (non-hydrogen) atoms. The highest BCUT2D eigenvalue weighted by Gasteiger charge is 2.29. The van der Waals surface area contributed by atoms with Gasteiger partial charge in [-0.15, -0.1) is 0 Å². The SMILES string of the molecule is COc1cc(C)c(F)c(COc2cnc(Nc3cc(F)c(N4CCC(N5CCN(C)CC5)CC4)c(F)c3)nc2)c1F. The lowest BCUT2D eigenvalue weighted by Gasteiger charge is -2.42. The Labute approximate surface area is 236 Å². The van der Waals surface area contributed by atoms with Crippen molar-refractivity contribution in [3.63, 3.8) is 0 Å². The van der Waals surface area contributed by atoms with Gasteiger partial charge in [-0.2, -0.15) is 0 Å². The molecule has 0 atom stereocenters. The summed E-state index contributed by atoms with van der Waals surface area (Å²) in [4.78, 5) is 14.8. The number of ether oxygens (including phenoxy) is 2. The summed E-state index contributed by atoms with van der Waals surface area (Å²) in [6, 6.07) is 4.15. The summed E-state index contributed by atoms with van der Waals surface area (Å²) in [7, 11) is 3.42. The number of aromatic nitrogens is 2. The van der Waals surface area contributed by atoms with Gasteiger partial charge in [0.2, 0.25) is 5.95 Å². The van der Waals surface area contributed by atoms with E-state index in [1.165, 1.54) is 44.6 Å². The quantitative estimate of drug-likeness (QED) is 0.382. The Morgan fingerprint density at radius 1 is 0.902 bits per heavy atom. The molecule has 2 aromatic carbocycles. The largest absolute Gasteiger partial charge is 0.494 e. The van der Waals surface area contributed by atoms with Gasteiger partial charge in [0, 0.05) is 51.0 Å². The summed E-state index contributed by atoms with van der Waals surface area (Å²) in [5.74, 6) is -2.75. The van der Waals surface area contributed by atoms with E-state index in [-0.39, 0.29) is 39.9 Å². The summed E-state index contributed by atoms with van der Waals surface area (Å²) in [6.07, 6.45) is 4.32. The zero-order valence-corrected chi connectivity index (χ0v) is 23.4. The molecule has 0 bridgehead atoms. The van der Waals surface area contributed by atoms with Crippen molar-refractivity contribution in [2.75, 3.05) is 63.6 Å². The Kier molecular flexibility index (Phi) is 8.79. The molecule has 3 aromatic rings. The lowest BCUT2D eigenvalue weighted by molar-refractivity contribution is 0.0980. The number of methoxy groups -OCH3 is 1. The van der Waals surface area contributed by atoms with Crippen molar-refractivity contribution in [3.8, 4) is 11.5 Å². The molecular weight excluding hydrogens is 540 g/mol. The molecule has 0 amide bonds. The third-order valence-corrected chi connectivity index (χ3v) is 7.78. The lowest BCUT2D eigenvalue weighted by Crippen LogP contribution is -2.52. The van der Waals surface area contributed by atoms with Crippen LogP contribution in [-0.2, 0) is 6.61 Å². The predicted octanol–water partition coefficient (Wildman–Crippen LogP) is 4.89. The second-order valence-corrected chi connectivity index (χ2v) is 10.5. The Hall–Kier alpha value is -3.64. The van der Waals surface area contributed by atoms with Gasteiger partial charge in [0.25, 0.3) is 0 Å². The monoisotopic (exact) mass is 574 g/mol. The van der Waals surface area contributed by atoms with Gasteiger partial charge < -0.3 is 24.6 Å². The summed E-state index contributed by atoms with van der Waals surface area (Å²) in [5.41, 5.74) is 0.0712. The van der Waals surface area contributed by atoms with E-state index in [1.807, 2.05) is 0 Å². The first kappa shape index (κ1) is 28.9. The van der Waals surface area contributed by atoms with Gasteiger partial charge in [-0.05, 0) is 50.6 Å². The van der Waals surface area contributed by atoms with Crippen molar-refractivity contribution < 1.29 is 27.0 Å². The average molecular weight is 575 g/mol. The highest BCUT2D eigenvalue weighted by molar-refractivity contribution is 5.61. The fraction of sp³-hybridized carbons (Fsp3) is 0.448. The van der Waals surface area contributed by atoms with Gasteiger partial charge in [0.15, 0.2) is 29.0 Å². The first-order chi connectivity index (χ1) is 19.7. The highest BCUT2D eigenvalue weighted by atomic mass is 19.1. The molecule has 12 heteroatoms. The van der Waals surface area contributed by atoms with Crippen molar-refractivity contribution in [2.45, 2.75) is 32.4 Å². The Balaban J connectivity index is 1.18. The molecule has 220 valence electrons. The van der Waals surface area contributed by atoms with Crippen LogP contribution in [-0.4, -0.2) is 79.2 Å². The average Bonchev–Trinajstić information content (AvgIpc) is 2.96. The molecule has 0 spiro atoms. The molecule has 0 aliphatic carbocycles. The van der Waals surface area contributed by atoms with Crippen LogP contribution < -0.4 is 19.7 Å². The minimum absolute atomic E-state index is 0.0238. The van der Waals surface area contributed by atoms with E-state index in [0.717, 1.165) is 39.0 Å². The van der Waals surface area contributed by atoms with Crippen LogP contribution in [0.5, 0.6) is 11.5 Å². The number of anilines is 3. The Morgan fingerprint density at radius 3 is 2.15 bits per heavy atom. The molecule has 3 heterocycles. The van der Waals surface area contributed by atoms with Crippen LogP contribution in [0.4, 0.5) is 34.9 Å². The summed E-state index contributed by atoms with van der Waals surface area (Å²) < 4.78 is 69.5. The van der Waals surface area contributed by atoms with Crippen molar-refractivity contribution in [3.05, 3.63) is 65.0 Å². The molecule has 1 aromatic heterocycles. The van der Waals surface area contributed by atoms with E-state index < -0.39 is 29.9 Å². The number of rotatable bonds is 8. The molecule has 2 aliphatic heterocycles. The van der Waals surface area contributed by atoms with E-state index in [2.05, 4.69) is 32.1 Å². The number of halogens is 4. The van der Waals surface area contributed by atoms with Gasteiger partial charge in [-0.1, -0.05) is 0 Å². The molecular formula is C29H34F4N6O2. The number of aryl methyl sites for hydroxylation is 1. The summed E-state index contributed by atoms with van der Waals surface area (Å²) >= 11 is 0. The number of hydrogen-bond donors (Lipinski definition) is 1. The molecule has 5 rings (SSSR count). The number of nitrogens with one attached hydrogen (secondary N) is 1. The minimum atomic E-state index is -0.846. The van der Waals surface area contributed by atoms with Crippen LogP contribution >= 0.6 is 0 Å². The molecule has 0 radical (unpaired) electrons. The highest BCUT2D eigenvalue weighted by Crippen LogP contribution is 2.32. The van der Waals surface area contributed by atoms with E-state index in [9.17, 15) is 8.78 Å². The number of piperazine rings is 1. The van der Waals surface area contributed by atoms with Crippen LogP contribution in [0.3, 0.4) is 0 Å². The molecule has 0 unspecified atom stereocenters. The second kappa shape index (κ2) is 12.5. The second-order valence-electron chi connectivity index (χ2n) is 10.5. The van der Waals surface area contributed by atoms with Crippen LogP contribution in [0.2, 0.25) is 0 Å². The predicted molar refractivity (Wildman–Crippen MR) is 148 cm³/mol. The topological polar surface area (TPSA) is 66.0 Å². The molecule has 8 nitrogen and oxygen atoms in total. The van der Waals surface area contributed by atoms with Gasteiger partial charge in [-0.25, -0.2) is 27.5 Å². The zero-order valence-electron chi connectivity index (χ0n) is 23.4. The van der Waals surface area contributed by atoms with Crippen LogP contribution in [0.1, 0.15) is 24.0 Å². The minimum Gasteiger partial charge on any atom is -0.494 e. The molecule has 2 fully saturated rings. The Bertz CT molecular complexity index is 1340. The van der Waals surface area contributed by atoms with E-state index in [4.69, 9.17) is 9.47 Å². The van der Waals surface area contributed by atoms with Crippen LogP contribution in [0.25, 0.3) is 0 Å². The van der Waals surface area contributed by atoms with Crippen molar-refractivity contribution in [1.29, 1.82) is 0 Å². The number of nitrogens with zero attached hydrogens (tertiary/aromatic N) is 5. The molecule has 1 N–H and O–H groups in total. The fourth-order valence-corrected chi connectivity index (χ4v) is 5.40. The lowest BCUT2D eigenvalue weighted by atomic mass is 10.0. The van der Waals surface area contributed by atoms with Crippen molar-refractivity contribution in [2.24, 2.45) is 0 Å². The Morgan fingerprint density at radius 2 is 1.54 bits per heavy atom. The maximum atomic E-state index is 15.1. The maximum absolute atomic E-state index is 15.1. The number of hydrogen-bond acceptors (Lipinski definition) is 8. The number of benzene rings is 2. The molecule has 2 saturated heterocycles. The van der Waals surface area contributed by atoms with Crippen molar-refractivity contribution >= 4 is 17.3 Å². The zero-order chi connectivity index (χ0) is 29.1. The van der Waals surface area contributed by atoms with Gasteiger partial charge in [0.05, 0.1) is 25.1 Å². The van der Waals surface area contributed by atoms with Crippen LogP contribution in [0.15, 0.2) is 30.6 Å². The fourth-order valence-electron chi connectivity index (χ4n) is 5.40. The molecule has 2 aliphatic rings. The first-order valence-corrected chi connectivity index (χ1v) is 13.6. The summed E-state index contributed by atoms with van der Waals surface area (Å²) in [6.45, 7) is 6.41. The van der Waals surface area contributed by atoms with Crippen molar-refractivity contribution in [1.82, 2.24) is 19.8 Å². The first-order valence-electron chi connectivity index (χ1n) is 13.6. The number of piperidine rings is 1. The summed E-state index contributed by atoms with van der Waals surface area (Å²) in [5, 5.41) is 2.79. The van der Waals surface area contributed by atoms with E-state index >= 15 is 8.78 Å².